The van der Waals surface area contributed by atoms with Gasteiger partial charge in [-0.25, -0.2) is 4.39 Å². The second-order valence-electron chi connectivity index (χ2n) is 3.58. The first-order chi connectivity index (χ1) is 7.24. The summed E-state index contributed by atoms with van der Waals surface area (Å²) in [6.45, 7) is 3.05. The highest BCUT2D eigenvalue weighted by molar-refractivity contribution is 7.98. The van der Waals surface area contributed by atoms with Crippen LogP contribution in [-0.2, 0) is 0 Å². The Morgan fingerprint density at radius 3 is 2.93 bits per heavy atom. The third-order valence-corrected chi connectivity index (χ3v) is 3.02. The van der Waals surface area contributed by atoms with Crippen molar-refractivity contribution in [3.05, 3.63) is 35.6 Å². The van der Waals surface area contributed by atoms with Crippen LogP contribution in [0.5, 0.6) is 0 Å². The molecule has 0 fully saturated rings. The van der Waals surface area contributed by atoms with E-state index in [-0.39, 0.29) is 11.9 Å². The van der Waals surface area contributed by atoms with Crippen molar-refractivity contribution in [2.45, 2.75) is 19.4 Å². The van der Waals surface area contributed by atoms with E-state index in [1.54, 1.807) is 12.1 Å². The lowest BCUT2D eigenvalue weighted by Crippen LogP contribution is -2.20. The molecule has 0 heterocycles. The number of benzene rings is 1. The average Bonchev–Trinajstić information content (AvgIpc) is 2.24. The van der Waals surface area contributed by atoms with E-state index in [1.165, 1.54) is 11.8 Å². The molecule has 1 aromatic rings. The van der Waals surface area contributed by atoms with Gasteiger partial charge in [-0.05, 0) is 49.6 Å². The molecular formula is C12H18FNS. The number of hydrogen-bond acceptors (Lipinski definition) is 2. The molecule has 84 valence electrons. The van der Waals surface area contributed by atoms with Crippen LogP contribution in [0.15, 0.2) is 24.3 Å². The number of halogens is 1. The van der Waals surface area contributed by atoms with Crippen LogP contribution in [0.25, 0.3) is 0 Å². The minimum absolute atomic E-state index is 0.162. The molecule has 3 heteroatoms. The molecule has 1 unspecified atom stereocenters. The maximum atomic E-state index is 12.9. The van der Waals surface area contributed by atoms with Crippen molar-refractivity contribution in [2.75, 3.05) is 18.6 Å². The molecular weight excluding hydrogens is 209 g/mol. The molecule has 0 aliphatic heterocycles. The molecule has 1 aromatic carbocycles. The van der Waals surface area contributed by atoms with Gasteiger partial charge >= 0.3 is 0 Å². The minimum Gasteiger partial charge on any atom is -0.310 e. The van der Waals surface area contributed by atoms with Crippen LogP contribution in [0.3, 0.4) is 0 Å². The van der Waals surface area contributed by atoms with E-state index in [2.05, 4.69) is 18.5 Å². The Bertz CT molecular complexity index is 291. The SMILES string of the molecule is CSCCCNC(C)c1cccc(F)c1. The van der Waals surface area contributed by atoms with Crippen LogP contribution in [0, 0.1) is 5.82 Å². The fourth-order valence-corrected chi connectivity index (χ4v) is 1.86. The summed E-state index contributed by atoms with van der Waals surface area (Å²) in [5, 5.41) is 3.38. The lowest BCUT2D eigenvalue weighted by atomic mass is 10.1. The van der Waals surface area contributed by atoms with Gasteiger partial charge in [-0.1, -0.05) is 12.1 Å². The predicted molar refractivity (Wildman–Crippen MR) is 65.8 cm³/mol. The Labute approximate surface area is 95.5 Å². The first-order valence-corrected chi connectivity index (χ1v) is 6.61. The van der Waals surface area contributed by atoms with Crippen LogP contribution >= 0.6 is 11.8 Å². The fourth-order valence-electron chi connectivity index (χ4n) is 1.43. The zero-order valence-electron chi connectivity index (χ0n) is 9.29. The molecule has 1 N–H and O–H groups in total. The molecule has 0 aliphatic rings. The Balaban J connectivity index is 2.36. The quantitative estimate of drug-likeness (QED) is 0.749. The zero-order valence-corrected chi connectivity index (χ0v) is 10.1. The fraction of sp³-hybridized carbons (Fsp3) is 0.500. The molecule has 1 atom stereocenters. The van der Waals surface area contributed by atoms with Gasteiger partial charge in [-0.3, -0.25) is 0 Å². The smallest absolute Gasteiger partial charge is 0.123 e. The van der Waals surface area contributed by atoms with Gasteiger partial charge in [0.2, 0.25) is 0 Å². The van der Waals surface area contributed by atoms with Crippen LogP contribution in [0.2, 0.25) is 0 Å². The number of hydrogen-bond donors (Lipinski definition) is 1. The molecule has 0 aliphatic carbocycles. The molecule has 0 saturated carbocycles. The first-order valence-electron chi connectivity index (χ1n) is 5.22. The van der Waals surface area contributed by atoms with Crippen molar-refractivity contribution in [3.63, 3.8) is 0 Å². The highest BCUT2D eigenvalue weighted by atomic mass is 32.2. The van der Waals surface area contributed by atoms with Gasteiger partial charge in [0.15, 0.2) is 0 Å². The van der Waals surface area contributed by atoms with E-state index in [4.69, 9.17) is 0 Å². The third-order valence-electron chi connectivity index (χ3n) is 2.32. The van der Waals surface area contributed by atoms with E-state index in [0.717, 1.165) is 18.5 Å². The van der Waals surface area contributed by atoms with Crippen LogP contribution in [0.1, 0.15) is 24.9 Å². The number of nitrogens with one attached hydrogen (secondary N) is 1. The summed E-state index contributed by atoms with van der Waals surface area (Å²) >= 11 is 1.85. The summed E-state index contributed by atoms with van der Waals surface area (Å²) in [4.78, 5) is 0. The third kappa shape index (κ3) is 4.67. The van der Waals surface area contributed by atoms with Gasteiger partial charge in [0.05, 0.1) is 0 Å². The average molecular weight is 227 g/mol. The molecule has 0 aromatic heterocycles. The van der Waals surface area contributed by atoms with E-state index in [0.29, 0.717) is 0 Å². The van der Waals surface area contributed by atoms with Gasteiger partial charge in [-0.2, -0.15) is 11.8 Å². The Kier molecular flexibility index (Phi) is 5.73. The minimum atomic E-state index is -0.162. The van der Waals surface area contributed by atoms with E-state index < -0.39 is 0 Å². The Morgan fingerprint density at radius 2 is 2.27 bits per heavy atom. The molecule has 1 rings (SSSR count). The lowest BCUT2D eigenvalue weighted by Gasteiger charge is -2.13. The monoisotopic (exact) mass is 227 g/mol. The topological polar surface area (TPSA) is 12.0 Å². The summed E-state index contributed by atoms with van der Waals surface area (Å²) < 4.78 is 12.9. The van der Waals surface area contributed by atoms with E-state index >= 15 is 0 Å². The van der Waals surface area contributed by atoms with Crippen molar-refractivity contribution in [1.29, 1.82) is 0 Å². The summed E-state index contributed by atoms with van der Waals surface area (Å²) in [6, 6.07) is 7.00. The Hall–Kier alpha value is -0.540. The molecule has 0 radical (unpaired) electrons. The number of thioether (sulfide) groups is 1. The number of rotatable bonds is 6. The maximum Gasteiger partial charge on any atom is 0.123 e. The van der Waals surface area contributed by atoms with Crippen LogP contribution in [0.4, 0.5) is 4.39 Å². The van der Waals surface area contributed by atoms with Gasteiger partial charge in [-0.15, -0.1) is 0 Å². The van der Waals surface area contributed by atoms with Crippen molar-refractivity contribution >= 4 is 11.8 Å². The zero-order chi connectivity index (χ0) is 11.1. The molecule has 0 bridgehead atoms. The second-order valence-corrected chi connectivity index (χ2v) is 4.56. The standard InChI is InChI=1S/C12H18FNS/c1-10(14-7-4-8-15-2)11-5-3-6-12(13)9-11/h3,5-6,9-10,14H,4,7-8H2,1-2H3. The Morgan fingerprint density at radius 1 is 1.47 bits per heavy atom. The van der Waals surface area contributed by atoms with Gasteiger partial charge in [0.1, 0.15) is 5.82 Å². The second kappa shape index (κ2) is 6.85. The summed E-state index contributed by atoms with van der Waals surface area (Å²) in [6.07, 6.45) is 3.26. The van der Waals surface area contributed by atoms with Crippen molar-refractivity contribution in [3.8, 4) is 0 Å². The van der Waals surface area contributed by atoms with E-state index in [9.17, 15) is 4.39 Å². The predicted octanol–water partition coefficient (Wildman–Crippen LogP) is 3.23. The molecule has 0 saturated heterocycles. The van der Waals surface area contributed by atoms with Crippen molar-refractivity contribution in [1.82, 2.24) is 5.32 Å². The van der Waals surface area contributed by atoms with Gasteiger partial charge < -0.3 is 5.32 Å². The summed E-state index contributed by atoms with van der Waals surface area (Å²) in [7, 11) is 0. The van der Waals surface area contributed by atoms with Gasteiger partial charge in [0.25, 0.3) is 0 Å². The van der Waals surface area contributed by atoms with Crippen LogP contribution < -0.4 is 5.32 Å². The first kappa shape index (κ1) is 12.5. The van der Waals surface area contributed by atoms with Crippen molar-refractivity contribution < 1.29 is 4.39 Å². The normalized spacial score (nSPS) is 12.7. The van der Waals surface area contributed by atoms with Gasteiger partial charge in [0, 0.05) is 6.04 Å². The van der Waals surface area contributed by atoms with Crippen LogP contribution in [-0.4, -0.2) is 18.6 Å². The molecule has 15 heavy (non-hydrogen) atoms. The molecule has 0 spiro atoms. The summed E-state index contributed by atoms with van der Waals surface area (Å²) in [5.74, 6) is 1.01. The summed E-state index contributed by atoms with van der Waals surface area (Å²) in [5.41, 5.74) is 1.01. The largest absolute Gasteiger partial charge is 0.310 e. The lowest BCUT2D eigenvalue weighted by molar-refractivity contribution is 0.564. The highest BCUT2D eigenvalue weighted by Gasteiger charge is 2.04. The highest BCUT2D eigenvalue weighted by Crippen LogP contribution is 2.13. The maximum absolute atomic E-state index is 12.9. The molecule has 0 amide bonds. The van der Waals surface area contributed by atoms with Crippen molar-refractivity contribution in [2.24, 2.45) is 0 Å². The molecule has 1 nitrogen and oxygen atoms in total. The van der Waals surface area contributed by atoms with E-state index in [1.807, 2.05) is 17.8 Å².